The molecular formula is C22H20F2N2O3. The Hall–Kier alpha value is -3.22. The summed E-state index contributed by atoms with van der Waals surface area (Å²) in [5.41, 5.74) is 1.42. The van der Waals surface area contributed by atoms with Gasteiger partial charge < -0.3 is 15.3 Å². The molecule has 1 aliphatic carbocycles. The fourth-order valence-corrected chi connectivity index (χ4v) is 3.80. The number of rotatable bonds is 5. The van der Waals surface area contributed by atoms with E-state index in [1.54, 1.807) is 6.08 Å². The van der Waals surface area contributed by atoms with Crippen LogP contribution in [0.15, 0.2) is 54.6 Å². The number of carbonyl (C=O) groups excluding carboxylic acids is 1. The first-order chi connectivity index (χ1) is 13.9. The number of nitrogens with zero attached hydrogens (tertiary/aromatic N) is 1. The lowest BCUT2D eigenvalue weighted by molar-refractivity contribution is -0.134. The van der Waals surface area contributed by atoms with Crippen LogP contribution in [0, 0.1) is 17.6 Å². The quantitative estimate of drug-likeness (QED) is 0.801. The van der Waals surface area contributed by atoms with Crippen molar-refractivity contribution in [3.8, 4) is 0 Å². The second kappa shape index (κ2) is 7.66. The molecule has 7 heteroatoms. The number of hydrogen-bond donors (Lipinski definition) is 2. The number of benzene rings is 2. The molecule has 2 aliphatic rings. The van der Waals surface area contributed by atoms with Gasteiger partial charge in [0.15, 0.2) is 0 Å². The van der Waals surface area contributed by atoms with Gasteiger partial charge in [-0.15, -0.1) is 0 Å². The van der Waals surface area contributed by atoms with E-state index in [0.29, 0.717) is 5.57 Å². The largest absolute Gasteiger partial charge is 0.465 e. The highest BCUT2D eigenvalue weighted by Crippen LogP contribution is 2.39. The summed E-state index contributed by atoms with van der Waals surface area (Å²) in [6.45, 7) is 0.0727. The van der Waals surface area contributed by atoms with Gasteiger partial charge in [-0.25, -0.2) is 13.6 Å². The smallest absolute Gasteiger partial charge is 0.405 e. The third-order valence-corrected chi connectivity index (χ3v) is 5.37. The summed E-state index contributed by atoms with van der Waals surface area (Å²) < 4.78 is 28.1. The molecule has 0 saturated heterocycles. The van der Waals surface area contributed by atoms with Gasteiger partial charge in [0.05, 0.1) is 6.04 Å². The zero-order chi connectivity index (χ0) is 20.5. The molecule has 150 valence electrons. The van der Waals surface area contributed by atoms with Crippen LogP contribution in [0.5, 0.6) is 0 Å². The fourth-order valence-electron chi connectivity index (χ4n) is 3.80. The molecule has 1 aliphatic heterocycles. The van der Waals surface area contributed by atoms with Gasteiger partial charge in [0.2, 0.25) is 5.91 Å². The number of hydrogen-bond acceptors (Lipinski definition) is 2. The zero-order valence-electron chi connectivity index (χ0n) is 15.5. The van der Waals surface area contributed by atoms with Crippen LogP contribution in [0.3, 0.4) is 0 Å². The first-order valence-corrected chi connectivity index (χ1v) is 9.45. The number of carboxylic acid groups (broad SMARTS) is 1. The molecule has 4 rings (SSSR count). The van der Waals surface area contributed by atoms with Crippen LogP contribution >= 0.6 is 0 Å². The molecule has 1 fully saturated rings. The van der Waals surface area contributed by atoms with Crippen molar-refractivity contribution in [2.45, 2.75) is 24.9 Å². The molecule has 2 aromatic rings. The van der Waals surface area contributed by atoms with Crippen molar-refractivity contribution >= 4 is 17.6 Å². The topological polar surface area (TPSA) is 69.6 Å². The maximum Gasteiger partial charge on any atom is 0.405 e. The maximum atomic E-state index is 14.3. The molecule has 0 aromatic heterocycles. The minimum absolute atomic E-state index is 0.0371. The van der Waals surface area contributed by atoms with Crippen molar-refractivity contribution in [1.29, 1.82) is 0 Å². The van der Waals surface area contributed by atoms with Crippen molar-refractivity contribution in [2.75, 3.05) is 6.54 Å². The van der Waals surface area contributed by atoms with E-state index in [1.807, 2.05) is 30.3 Å². The van der Waals surface area contributed by atoms with E-state index in [0.717, 1.165) is 36.6 Å². The van der Waals surface area contributed by atoms with Crippen molar-refractivity contribution in [1.82, 2.24) is 10.2 Å². The predicted molar refractivity (Wildman–Crippen MR) is 103 cm³/mol. The van der Waals surface area contributed by atoms with Gasteiger partial charge in [-0.05, 0) is 48.1 Å². The van der Waals surface area contributed by atoms with Gasteiger partial charge in [0.25, 0.3) is 0 Å². The molecule has 5 nitrogen and oxygen atoms in total. The molecule has 0 radical (unpaired) electrons. The lowest BCUT2D eigenvalue weighted by Gasteiger charge is -2.29. The Morgan fingerprint density at radius 2 is 1.83 bits per heavy atom. The van der Waals surface area contributed by atoms with Crippen LogP contribution in [0.25, 0.3) is 5.57 Å². The Morgan fingerprint density at radius 3 is 2.48 bits per heavy atom. The maximum absolute atomic E-state index is 14.3. The van der Waals surface area contributed by atoms with Crippen LogP contribution < -0.4 is 5.32 Å². The SMILES string of the molecule is O=C(O)N[C@H](C(=O)N1CC(c2cc(F)ccc2F)=C[C@H]1c1ccccc1)C1CC1. The molecule has 2 N–H and O–H groups in total. The molecule has 0 unspecified atom stereocenters. The van der Waals surface area contributed by atoms with E-state index in [1.165, 1.54) is 4.90 Å². The van der Waals surface area contributed by atoms with Gasteiger partial charge in [0.1, 0.15) is 17.7 Å². The second-order valence-electron chi connectivity index (χ2n) is 7.40. The monoisotopic (exact) mass is 398 g/mol. The first-order valence-electron chi connectivity index (χ1n) is 9.45. The summed E-state index contributed by atoms with van der Waals surface area (Å²) in [4.78, 5) is 26.0. The Bertz CT molecular complexity index is 973. The van der Waals surface area contributed by atoms with Crippen molar-refractivity contribution in [3.05, 3.63) is 77.4 Å². The summed E-state index contributed by atoms with van der Waals surface area (Å²) in [6, 6.07) is 11.1. The Kier molecular flexibility index (Phi) is 5.05. The molecule has 1 saturated carbocycles. The average Bonchev–Trinajstić information content (AvgIpc) is 3.46. The van der Waals surface area contributed by atoms with Crippen molar-refractivity contribution < 1.29 is 23.5 Å². The number of carbonyl (C=O) groups is 2. The summed E-state index contributed by atoms with van der Waals surface area (Å²) in [7, 11) is 0. The van der Waals surface area contributed by atoms with Gasteiger partial charge in [-0.2, -0.15) is 0 Å². The van der Waals surface area contributed by atoms with Crippen LogP contribution in [0.2, 0.25) is 0 Å². The Balaban J connectivity index is 1.70. The van der Waals surface area contributed by atoms with Crippen LogP contribution in [-0.4, -0.2) is 34.6 Å². The molecular weight excluding hydrogens is 378 g/mol. The highest BCUT2D eigenvalue weighted by molar-refractivity contribution is 5.89. The van der Waals surface area contributed by atoms with Crippen molar-refractivity contribution in [2.24, 2.45) is 5.92 Å². The summed E-state index contributed by atoms with van der Waals surface area (Å²) in [5, 5.41) is 11.5. The molecule has 2 atom stereocenters. The standard InChI is InChI=1S/C22H20F2N2O3/c23-16-8-9-18(24)17(11-16)15-10-19(13-4-2-1-3-5-13)26(12-15)21(27)20(14-6-7-14)25-22(28)29/h1-5,8-11,14,19-20,25H,6-7,12H2,(H,28,29)/t19-,20-/m0/s1. The summed E-state index contributed by atoms with van der Waals surface area (Å²) >= 11 is 0. The minimum Gasteiger partial charge on any atom is -0.465 e. The third kappa shape index (κ3) is 3.99. The van der Waals surface area contributed by atoms with Gasteiger partial charge in [-0.3, -0.25) is 4.79 Å². The summed E-state index contributed by atoms with van der Waals surface area (Å²) in [6.07, 6.45) is 2.05. The number of amides is 2. The highest BCUT2D eigenvalue weighted by Gasteiger charge is 2.42. The van der Waals surface area contributed by atoms with E-state index in [9.17, 15) is 18.4 Å². The van der Waals surface area contributed by atoms with E-state index < -0.39 is 29.8 Å². The molecule has 1 heterocycles. The van der Waals surface area contributed by atoms with Crippen LogP contribution in [-0.2, 0) is 4.79 Å². The van der Waals surface area contributed by atoms with E-state index >= 15 is 0 Å². The first kappa shape index (κ1) is 19.1. The molecule has 0 bridgehead atoms. The molecule has 2 amide bonds. The van der Waals surface area contributed by atoms with Gasteiger partial charge >= 0.3 is 6.09 Å². The van der Waals surface area contributed by atoms with Crippen LogP contribution in [0.4, 0.5) is 13.6 Å². The number of halogens is 2. The van der Waals surface area contributed by atoms with Gasteiger partial charge in [-0.1, -0.05) is 36.4 Å². The second-order valence-corrected chi connectivity index (χ2v) is 7.40. The molecule has 2 aromatic carbocycles. The number of nitrogens with one attached hydrogen (secondary N) is 1. The normalized spacial score (nSPS) is 19.6. The minimum atomic E-state index is -1.25. The Morgan fingerprint density at radius 1 is 1.10 bits per heavy atom. The van der Waals surface area contributed by atoms with E-state index in [4.69, 9.17) is 5.11 Å². The fraction of sp³-hybridized carbons (Fsp3) is 0.273. The lowest BCUT2D eigenvalue weighted by Crippen LogP contribution is -2.49. The zero-order valence-corrected chi connectivity index (χ0v) is 15.5. The van der Waals surface area contributed by atoms with Crippen molar-refractivity contribution in [3.63, 3.8) is 0 Å². The highest BCUT2D eigenvalue weighted by atomic mass is 19.1. The lowest BCUT2D eigenvalue weighted by atomic mass is 10.0. The van der Waals surface area contributed by atoms with E-state index in [-0.39, 0.29) is 23.9 Å². The van der Waals surface area contributed by atoms with E-state index in [2.05, 4.69) is 5.32 Å². The summed E-state index contributed by atoms with van der Waals surface area (Å²) in [5.74, 6) is -1.52. The van der Waals surface area contributed by atoms with Crippen LogP contribution in [0.1, 0.15) is 30.0 Å². The predicted octanol–water partition coefficient (Wildman–Crippen LogP) is 3.98. The van der Waals surface area contributed by atoms with Gasteiger partial charge in [0, 0.05) is 12.1 Å². The average molecular weight is 398 g/mol. The molecule has 29 heavy (non-hydrogen) atoms. The third-order valence-electron chi connectivity index (χ3n) is 5.37. The molecule has 0 spiro atoms. The Labute approximate surface area is 166 Å².